The van der Waals surface area contributed by atoms with E-state index in [0.29, 0.717) is 21.7 Å². The lowest BCUT2D eigenvalue weighted by atomic mass is 9.41. The summed E-state index contributed by atoms with van der Waals surface area (Å²) in [6, 6.07) is 0. The summed E-state index contributed by atoms with van der Waals surface area (Å²) in [5.74, 6) is 3.50. The molecule has 0 aromatic heterocycles. The SMILES string of the molecule is CC(C)=CCC[C@H](C)[C@@H]1CC[C@]2(C)C3=CC[C@H]4C(C)(C)CCC[C@]4(C)[C@H]3CC[C@@]12C. The van der Waals surface area contributed by atoms with Crippen molar-refractivity contribution in [1.29, 1.82) is 0 Å². The first-order chi connectivity index (χ1) is 14.0. The standard InChI is InChI=1S/C30H50/c1-21(2)11-9-12-22(3)23-15-19-30(8)25-13-14-26-27(4,5)17-10-18-28(26,6)24(25)16-20-29(23,30)7/h11,13,22-24,26H,9-10,12,14-20H2,1-8H3/t22-,23-,24-,26-,28+,29-,30+/m0/s1. The summed E-state index contributed by atoms with van der Waals surface area (Å²) in [6.07, 6.45) is 19.4. The van der Waals surface area contributed by atoms with Crippen molar-refractivity contribution < 1.29 is 0 Å². The van der Waals surface area contributed by atoms with E-state index in [1.54, 1.807) is 0 Å². The van der Waals surface area contributed by atoms with E-state index < -0.39 is 0 Å². The van der Waals surface area contributed by atoms with Crippen molar-refractivity contribution in [2.24, 2.45) is 45.3 Å². The second kappa shape index (κ2) is 7.52. The van der Waals surface area contributed by atoms with Crippen LogP contribution in [0.5, 0.6) is 0 Å². The van der Waals surface area contributed by atoms with Gasteiger partial charge in [0.05, 0.1) is 0 Å². The zero-order chi connectivity index (χ0) is 21.9. The minimum atomic E-state index is 0.445. The fourth-order valence-electron chi connectivity index (χ4n) is 9.59. The van der Waals surface area contributed by atoms with E-state index in [1.165, 1.54) is 69.8 Å². The topological polar surface area (TPSA) is 0 Å². The Balaban J connectivity index is 1.62. The highest BCUT2D eigenvalue weighted by Gasteiger charge is 2.64. The van der Waals surface area contributed by atoms with Gasteiger partial charge in [-0.15, -0.1) is 0 Å². The zero-order valence-corrected chi connectivity index (χ0v) is 21.5. The molecule has 0 unspecified atom stereocenters. The highest BCUT2D eigenvalue weighted by atomic mass is 14.7. The molecule has 170 valence electrons. The molecule has 30 heavy (non-hydrogen) atoms. The average Bonchev–Trinajstić information content (AvgIpc) is 2.92. The van der Waals surface area contributed by atoms with Crippen LogP contribution in [0, 0.1) is 45.3 Å². The van der Waals surface area contributed by atoms with Gasteiger partial charge in [0.2, 0.25) is 0 Å². The van der Waals surface area contributed by atoms with E-state index in [0.717, 1.165) is 23.7 Å². The molecule has 0 aromatic rings. The Morgan fingerprint density at radius 2 is 1.77 bits per heavy atom. The molecule has 0 heterocycles. The lowest BCUT2D eigenvalue weighted by Gasteiger charge is -2.63. The molecule has 0 heteroatoms. The molecule has 0 amide bonds. The van der Waals surface area contributed by atoms with E-state index in [9.17, 15) is 0 Å². The van der Waals surface area contributed by atoms with Crippen molar-refractivity contribution in [2.75, 3.05) is 0 Å². The van der Waals surface area contributed by atoms with Crippen molar-refractivity contribution >= 4 is 0 Å². The average molecular weight is 411 g/mol. The Morgan fingerprint density at radius 1 is 1.03 bits per heavy atom. The first kappa shape index (κ1) is 22.7. The van der Waals surface area contributed by atoms with Crippen molar-refractivity contribution in [3.63, 3.8) is 0 Å². The second-order valence-electron chi connectivity index (χ2n) is 13.6. The van der Waals surface area contributed by atoms with Crippen molar-refractivity contribution in [1.82, 2.24) is 0 Å². The monoisotopic (exact) mass is 410 g/mol. The van der Waals surface area contributed by atoms with Crippen LogP contribution >= 0.6 is 0 Å². The highest BCUT2D eigenvalue weighted by Crippen LogP contribution is 2.73. The summed E-state index contributed by atoms with van der Waals surface area (Å²) in [5, 5.41) is 0. The molecule has 0 aromatic carbocycles. The predicted octanol–water partition coefficient (Wildman–Crippen LogP) is 9.36. The first-order valence-corrected chi connectivity index (χ1v) is 13.3. The number of allylic oxidation sites excluding steroid dienone is 4. The lowest BCUT2D eigenvalue weighted by molar-refractivity contribution is -0.0798. The maximum absolute atomic E-state index is 2.80. The van der Waals surface area contributed by atoms with Crippen molar-refractivity contribution in [3.8, 4) is 0 Å². The number of rotatable bonds is 4. The van der Waals surface area contributed by atoms with Gasteiger partial charge < -0.3 is 0 Å². The summed E-state index contributed by atoms with van der Waals surface area (Å²) in [6.45, 7) is 20.3. The largest absolute Gasteiger partial charge is 0.0859 e. The van der Waals surface area contributed by atoms with E-state index in [2.05, 4.69) is 67.5 Å². The molecule has 4 rings (SSSR count). The summed E-state index contributed by atoms with van der Waals surface area (Å²) in [5.41, 5.74) is 5.42. The highest BCUT2D eigenvalue weighted by molar-refractivity contribution is 5.33. The Bertz CT molecular complexity index is 718. The number of hydrogen-bond acceptors (Lipinski definition) is 0. The van der Waals surface area contributed by atoms with Crippen LogP contribution in [-0.4, -0.2) is 0 Å². The van der Waals surface area contributed by atoms with Gasteiger partial charge in [0.15, 0.2) is 0 Å². The van der Waals surface area contributed by atoms with E-state index >= 15 is 0 Å². The van der Waals surface area contributed by atoms with E-state index in [4.69, 9.17) is 0 Å². The molecule has 3 fully saturated rings. The second-order valence-corrected chi connectivity index (χ2v) is 13.6. The Morgan fingerprint density at radius 3 is 2.47 bits per heavy atom. The van der Waals surface area contributed by atoms with Gasteiger partial charge in [0, 0.05) is 0 Å². The lowest BCUT2D eigenvalue weighted by Crippen LogP contribution is -2.55. The van der Waals surface area contributed by atoms with Gasteiger partial charge in [0.25, 0.3) is 0 Å². The third-order valence-electron chi connectivity index (χ3n) is 11.5. The van der Waals surface area contributed by atoms with Crippen molar-refractivity contribution in [2.45, 2.75) is 120 Å². The summed E-state index contributed by atoms with van der Waals surface area (Å²) < 4.78 is 0. The van der Waals surface area contributed by atoms with E-state index in [-0.39, 0.29) is 0 Å². The minimum absolute atomic E-state index is 0.445. The smallest absolute Gasteiger partial charge is 0.00568 e. The molecular weight excluding hydrogens is 360 g/mol. The van der Waals surface area contributed by atoms with Crippen LogP contribution in [-0.2, 0) is 0 Å². The zero-order valence-electron chi connectivity index (χ0n) is 21.5. The molecule has 4 aliphatic carbocycles. The van der Waals surface area contributed by atoms with Gasteiger partial charge >= 0.3 is 0 Å². The van der Waals surface area contributed by atoms with Gasteiger partial charge in [0.1, 0.15) is 0 Å². The fourth-order valence-corrected chi connectivity index (χ4v) is 9.59. The third kappa shape index (κ3) is 3.21. The summed E-state index contributed by atoms with van der Waals surface area (Å²) in [4.78, 5) is 0. The van der Waals surface area contributed by atoms with Gasteiger partial charge in [-0.25, -0.2) is 0 Å². The van der Waals surface area contributed by atoms with Crippen LogP contribution in [0.15, 0.2) is 23.3 Å². The maximum Gasteiger partial charge on any atom is -0.00568 e. The number of fused-ring (bicyclic) bond motifs is 5. The van der Waals surface area contributed by atoms with Gasteiger partial charge in [-0.1, -0.05) is 71.3 Å². The molecule has 0 bridgehead atoms. The summed E-state index contributed by atoms with van der Waals surface area (Å²) >= 11 is 0. The number of hydrogen-bond donors (Lipinski definition) is 0. The molecule has 7 atom stereocenters. The van der Waals surface area contributed by atoms with Gasteiger partial charge in [-0.2, -0.15) is 0 Å². The molecule has 0 aliphatic heterocycles. The van der Waals surface area contributed by atoms with Crippen LogP contribution in [0.25, 0.3) is 0 Å². The predicted molar refractivity (Wildman–Crippen MR) is 131 cm³/mol. The van der Waals surface area contributed by atoms with Crippen LogP contribution < -0.4 is 0 Å². The van der Waals surface area contributed by atoms with Crippen LogP contribution in [0.1, 0.15) is 120 Å². The molecule has 0 N–H and O–H groups in total. The Kier molecular flexibility index (Phi) is 5.68. The van der Waals surface area contributed by atoms with Crippen LogP contribution in [0.3, 0.4) is 0 Å². The molecule has 0 spiro atoms. The normalized spacial score (nSPS) is 45.6. The van der Waals surface area contributed by atoms with Gasteiger partial charge in [-0.05, 0) is 117 Å². The third-order valence-corrected chi connectivity index (χ3v) is 11.5. The molecule has 4 aliphatic rings. The Labute approximate surface area is 188 Å². The summed E-state index contributed by atoms with van der Waals surface area (Å²) in [7, 11) is 0. The molecule has 0 saturated heterocycles. The molecule has 0 radical (unpaired) electrons. The molecule has 3 saturated carbocycles. The quantitative estimate of drug-likeness (QED) is 0.405. The maximum atomic E-state index is 2.80. The first-order valence-electron chi connectivity index (χ1n) is 13.3. The van der Waals surface area contributed by atoms with Crippen LogP contribution in [0.2, 0.25) is 0 Å². The van der Waals surface area contributed by atoms with Gasteiger partial charge in [-0.3, -0.25) is 0 Å². The Hall–Kier alpha value is -0.520. The molecular formula is C30H50. The van der Waals surface area contributed by atoms with Crippen molar-refractivity contribution in [3.05, 3.63) is 23.3 Å². The fraction of sp³-hybridized carbons (Fsp3) is 0.867. The van der Waals surface area contributed by atoms with E-state index in [1.807, 2.05) is 5.57 Å². The molecule has 0 nitrogen and oxygen atoms in total. The minimum Gasteiger partial charge on any atom is -0.0859 e. The van der Waals surface area contributed by atoms with Crippen LogP contribution in [0.4, 0.5) is 0 Å².